The number of aromatic amines is 1. The number of rotatable bonds is 7. The van der Waals surface area contributed by atoms with E-state index in [-0.39, 0.29) is 6.61 Å². The quantitative estimate of drug-likeness (QED) is 0.500. The van der Waals surface area contributed by atoms with Crippen LogP contribution in [0.25, 0.3) is 10.2 Å². The van der Waals surface area contributed by atoms with Crippen molar-refractivity contribution in [2.75, 3.05) is 43.0 Å². The van der Waals surface area contributed by atoms with E-state index >= 15 is 0 Å². The Kier molecular flexibility index (Phi) is 5.48. The maximum atomic E-state index is 9.49. The molecule has 2 saturated heterocycles. The monoisotopic (exact) mass is 453 g/mol. The minimum atomic E-state index is 0.271. The molecule has 0 radical (unpaired) electrons. The molecule has 5 heterocycles. The van der Waals surface area contributed by atoms with Crippen molar-refractivity contribution in [3.63, 3.8) is 0 Å². The van der Waals surface area contributed by atoms with Crippen LogP contribution in [0, 0.1) is 5.92 Å². The van der Waals surface area contributed by atoms with E-state index in [1.54, 1.807) is 11.3 Å². The van der Waals surface area contributed by atoms with Crippen molar-refractivity contribution in [1.29, 1.82) is 0 Å². The van der Waals surface area contributed by atoms with Gasteiger partial charge in [0.05, 0.1) is 10.2 Å². The largest absolute Gasteiger partial charge is 0.396 e. The fourth-order valence-electron chi connectivity index (χ4n) is 4.87. The molecule has 1 saturated carbocycles. The molecular formula is C23H31N7OS. The fourth-order valence-corrected chi connectivity index (χ4v) is 5.96. The zero-order valence-electron chi connectivity index (χ0n) is 18.4. The summed E-state index contributed by atoms with van der Waals surface area (Å²) in [7, 11) is 0. The third-order valence-corrected chi connectivity index (χ3v) is 8.12. The van der Waals surface area contributed by atoms with Crippen molar-refractivity contribution in [2.24, 2.45) is 5.92 Å². The second-order valence-electron chi connectivity index (χ2n) is 9.50. The number of likely N-dealkylation sites (tertiary alicyclic amines) is 1. The molecule has 3 aromatic rings. The minimum Gasteiger partial charge on any atom is -0.396 e. The van der Waals surface area contributed by atoms with Gasteiger partial charge in [0.25, 0.3) is 0 Å². The highest BCUT2D eigenvalue weighted by Crippen LogP contribution is 2.40. The van der Waals surface area contributed by atoms with Crippen LogP contribution in [0.3, 0.4) is 0 Å². The second kappa shape index (κ2) is 8.61. The van der Waals surface area contributed by atoms with E-state index in [1.165, 1.54) is 49.3 Å². The van der Waals surface area contributed by atoms with Gasteiger partial charge < -0.3 is 15.3 Å². The van der Waals surface area contributed by atoms with Crippen LogP contribution in [0.1, 0.15) is 55.0 Å². The molecule has 0 atom stereocenters. The van der Waals surface area contributed by atoms with Gasteiger partial charge in [-0.05, 0) is 63.6 Å². The van der Waals surface area contributed by atoms with Gasteiger partial charge in [0.15, 0.2) is 11.6 Å². The molecule has 0 unspecified atom stereocenters. The summed E-state index contributed by atoms with van der Waals surface area (Å²) < 4.78 is 1.10. The molecule has 3 aromatic heterocycles. The van der Waals surface area contributed by atoms with Crippen LogP contribution in [-0.2, 0) is 6.54 Å². The van der Waals surface area contributed by atoms with Gasteiger partial charge in [-0.1, -0.05) is 0 Å². The molecule has 1 aliphatic carbocycles. The number of aliphatic hydroxyl groups is 1. The highest BCUT2D eigenvalue weighted by atomic mass is 32.1. The third-order valence-electron chi connectivity index (χ3n) is 7.01. The number of aliphatic hydroxyl groups excluding tert-OH is 1. The summed E-state index contributed by atoms with van der Waals surface area (Å²) in [5.41, 5.74) is 2.23. The number of fused-ring (bicyclic) bond motifs is 1. The van der Waals surface area contributed by atoms with Crippen molar-refractivity contribution < 1.29 is 5.11 Å². The molecule has 0 bridgehead atoms. The SMILES string of the molecule is OCC1CCN(c2nc(Nc3cc(C4CC4)[nH]n3)c3sc(CN4CCCC4)cc3n2)CC1. The number of thiophene rings is 1. The van der Waals surface area contributed by atoms with Crippen LogP contribution in [0.2, 0.25) is 0 Å². The number of hydrogen-bond acceptors (Lipinski definition) is 8. The zero-order valence-corrected chi connectivity index (χ0v) is 19.2. The molecule has 32 heavy (non-hydrogen) atoms. The van der Waals surface area contributed by atoms with Gasteiger partial charge in [-0.25, -0.2) is 4.98 Å². The summed E-state index contributed by atoms with van der Waals surface area (Å²) in [6.45, 7) is 5.41. The average molecular weight is 454 g/mol. The molecule has 9 heteroatoms. The summed E-state index contributed by atoms with van der Waals surface area (Å²) >= 11 is 1.80. The first kappa shape index (κ1) is 20.4. The summed E-state index contributed by atoms with van der Waals surface area (Å²) in [6, 6.07) is 4.37. The topological polar surface area (TPSA) is 93.2 Å². The van der Waals surface area contributed by atoms with Gasteiger partial charge in [-0.15, -0.1) is 11.3 Å². The van der Waals surface area contributed by atoms with E-state index in [9.17, 15) is 5.11 Å². The number of nitrogens with zero attached hydrogens (tertiary/aromatic N) is 5. The molecule has 2 aliphatic heterocycles. The van der Waals surface area contributed by atoms with E-state index in [0.29, 0.717) is 11.8 Å². The highest BCUT2D eigenvalue weighted by Gasteiger charge is 2.26. The number of piperidine rings is 1. The van der Waals surface area contributed by atoms with Crippen LogP contribution in [0.15, 0.2) is 12.1 Å². The van der Waals surface area contributed by atoms with Gasteiger partial charge >= 0.3 is 0 Å². The lowest BCUT2D eigenvalue weighted by Gasteiger charge is -2.31. The van der Waals surface area contributed by atoms with E-state index in [1.807, 2.05) is 0 Å². The lowest BCUT2D eigenvalue weighted by atomic mass is 9.98. The number of hydrogen-bond donors (Lipinski definition) is 3. The smallest absolute Gasteiger partial charge is 0.227 e. The molecule has 6 rings (SSSR count). The molecule has 0 amide bonds. The Bertz CT molecular complexity index is 1080. The third kappa shape index (κ3) is 4.21. The molecule has 0 aromatic carbocycles. The Morgan fingerprint density at radius 2 is 1.88 bits per heavy atom. The normalized spacial score (nSPS) is 20.5. The van der Waals surface area contributed by atoms with E-state index in [2.05, 4.69) is 37.4 Å². The number of aromatic nitrogens is 4. The molecule has 3 fully saturated rings. The Morgan fingerprint density at radius 3 is 2.62 bits per heavy atom. The van der Waals surface area contributed by atoms with Crippen molar-refractivity contribution in [3.05, 3.63) is 22.7 Å². The first-order valence-corrected chi connectivity index (χ1v) is 12.8. The van der Waals surface area contributed by atoms with Crippen LogP contribution < -0.4 is 10.2 Å². The van der Waals surface area contributed by atoms with Crippen molar-refractivity contribution in [2.45, 2.75) is 51.0 Å². The zero-order chi connectivity index (χ0) is 21.5. The van der Waals surface area contributed by atoms with Gasteiger partial charge in [0, 0.05) is 48.8 Å². The summed E-state index contributed by atoms with van der Waals surface area (Å²) in [5, 5.41) is 20.7. The summed E-state index contributed by atoms with van der Waals surface area (Å²) in [4.78, 5) is 16.1. The van der Waals surface area contributed by atoms with Crippen molar-refractivity contribution in [3.8, 4) is 0 Å². The number of anilines is 3. The number of nitrogens with one attached hydrogen (secondary N) is 2. The van der Waals surface area contributed by atoms with Crippen LogP contribution in [-0.4, -0.2) is 63.0 Å². The Morgan fingerprint density at radius 1 is 1.06 bits per heavy atom. The molecule has 3 N–H and O–H groups in total. The maximum Gasteiger partial charge on any atom is 0.227 e. The number of H-pyrrole nitrogens is 1. The predicted octanol–water partition coefficient (Wildman–Crippen LogP) is 3.84. The first-order chi connectivity index (χ1) is 15.7. The molecule has 8 nitrogen and oxygen atoms in total. The predicted molar refractivity (Wildman–Crippen MR) is 128 cm³/mol. The van der Waals surface area contributed by atoms with Gasteiger partial charge in [-0.2, -0.15) is 10.1 Å². The van der Waals surface area contributed by atoms with Gasteiger partial charge in [0.1, 0.15) is 0 Å². The fraction of sp³-hybridized carbons (Fsp3) is 0.609. The summed E-state index contributed by atoms with van der Waals surface area (Å²) in [6.07, 6.45) is 7.06. The Balaban J connectivity index is 1.31. The Hall–Kier alpha value is -2.23. The van der Waals surface area contributed by atoms with Crippen LogP contribution in [0.4, 0.5) is 17.6 Å². The average Bonchev–Trinajstić information content (AvgIpc) is 3.17. The van der Waals surface area contributed by atoms with E-state index in [4.69, 9.17) is 9.97 Å². The van der Waals surface area contributed by atoms with Crippen molar-refractivity contribution in [1.82, 2.24) is 25.1 Å². The minimum absolute atomic E-state index is 0.271. The second-order valence-corrected chi connectivity index (χ2v) is 10.6. The van der Waals surface area contributed by atoms with Crippen LogP contribution in [0.5, 0.6) is 0 Å². The van der Waals surface area contributed by atoms with Gasteiger partial charge in [-0.3, -0.25) is 10.00 Å². The van der Waals surface area contributed by atoms with Crippen molar-refractivity contribution >= 4 is 39.1 Å². The molecule has 0 spiro atoms. The first-order valence-electron chi connectivity index (χ1n) is 12.0. The Labute approximate surface area is 192 Å². The van der Waals surface area contributed by atoms with Gasteiger partial charge in [0.2, 0.25) is 5.95 Å². The van der Waals surface area contributed by atoms with E-state index < -0.39 is 0 Å². The lowest BCUT2D eigenvalue weighted by molar-refractivity contribution is 0.202. The lowest BCUT2D eigenvalue weighted by Crippen LogP contribution is -2.35. The molecule has 3 aliphatic rings. The highest BCUT2D eigenvalue weighted by molar-refractivity contribution is 7.19. The molecule has 170 valence electrons. The summed E-state index contributed by atoms with van der Waals surface area (Å²) in [5.74, 6) is 3.48. The standard InChI is InChI=1S/C23H31N7OS/c31-14-15-5-9-30(10-6-15)23-24-19-11-17(13-29-7-1-2-8-29)32-21(19)22(26-23)25-20-12-18(27-28-20)16-3-4-16/h11-12,15-16,31H,1-10,13-14H2,(H2,24,25,26,27,28). The molecular weight excluding hydrogens is 422 g/mol. The van der Waals surface area contributed by atoms with Crippen LogP contribution >= 0.6 is 11.3 Å². The maximum absolute atomic E-state index is 9.49. The van der Waals surface area contributed by atoms with E-state index in [0.717, 1.165) is 60.3 Å².